The zero-order valence-electron chi connectivity index (χ0n) is 20.4. The molecule has 2 N–H and O–H groups in total. The van der Waals surface area contributed by atoms with Crippen LogP contribution in [0.4, 0.5) is 0 Å². The molecular weight excluding hydrogens is 546 g/mol. The summed E-state index contributed by atoms with van der Waals surface area (Å²) in [6, 6.07) is 9.62. The van der Waals surface area contributed by atoms with Crippen molar-refractivity contribution in [1.82, 2.24) is 10.6 Å². The minimum Gasteiger partial charge on any atom is -0.482 e. The van der Waals surface area contributed by atoms with Crippen LogP contribution in [0.2, 0.25) is 20.1 Å². The van der Waals surface area contributed by atoms with Gasteiger partial charge >= 0.3 is 0 Å². The molecule has 0 spiro atoms. The van der Waals surface area contributed by atoms with Crippen molar-refractivity contribution in [3.8, 4) is 11.5 Å². The molecule has 2 aromatic rings. The Hall–Kier alpha value is -1.86. The van der Waals surface area contributed by atoms with Crippen LogP contribution in [0.15, 0.2) is 36.4 Å². The summed E-state index contributed by atoms with van der Waals surface area (Å²) in [6.07, 6.45) is 2.43. The third-order valence-corrected chi connectivity index (χ3v) is 7.09. The van der Waals surface area contributed by atoms with E-state index in [2.05, 4.69) is 31.4 Å². The topological polar surface area (TPSA) is 76.7 Å². The molecule has 0 aliphatic heterocycles. The third-order valence-electron chi connectivity index (χ3n) is 6.03. The summed E-state index contributed by atoms with van der Waals surface area (Å²) in [5.41, 5.74) is -0.239. The van der Waals surface area contributed by atoms with E-state index in [1.807, 2.05) is 0 Å². The first kappa shape index (κ1) is 28.7. The molecule has 0 radical (unpaired) electrons. The second-order valence-electron chi connectivity index (χ2n) is 10.3. The molecule has 1 fully saturated rings. The Bertz CT molecular complexity index is 1110. The normalized spacial score (nSPS) is 20.9. The second kappa shape index (κ2) is 12.1. The maximum absolute atomic E-state index is 12.6. The lowest BCUT2D eigenvalue weighted by molar-refractivity contribution is -0.126. The van der Waals surface area contributed by atoms with Gasteiger partial charge in [-0.25, -0.2) is 0 Å². The van der Waals surface area contributed by atoms with Gasteiger partial charge in [-0.05, 0) is 66.5 Å². The van der Waals surface area contributed by atoms with Crippen molar-refractivity contribution in [2.24, 2.45) is 10.8 Å². The maximum Gasteiger partial charge on any atom is 0.258 e. The van der Waals surface area contributed by atoms with E-state index in [4.69, 9.17) is 55.9 Å². The summed E-state index contributed by atoms with van der Waals surface area (Å²) >= 11 is 24.0. The average Bonchev–Trinajstić information content (AvgIpc) is 2.75. The van der Waals surface area contributed by atoms with Crippen LogP contribution in [-0.2, 0) is 9.59 Å². The van der Waals surface area contributed by atoms with Crippen molar-refractivity contribution in [1.29, 1.82) is 0 Å². The molecule has 0 aromatic heterocycles. The molecule has 36 heavy (non-hydrogen) atoms. The molecule has 2 atom stereocenters. The van der Waals surface area contributed by atoms with E-state index >= 15 is 0 Å². The van der Waals surface area contributed by atoms with Gasteiger partial charge in [0.25, 0.3) is 11.8 Å². The quantitative estimate of drug-likeness (QED) is 0.354. The lowest BCUT2D eigenvalue weighted by Gasteiger charge is -2.47. The fourth-order valence-electron chi connectivity index (χ4n) is 4.97. The summed E-state index contributed by atoms with van der Waals surface area (Å²) in [6.45, 7) is 6.59. The minimum atomic E-state index is -0.251. The lowest BCUT2D eigenvalue weighted by Crippen LogP contribution is -2.51. The SMILES string of the molecule is CC1(C)C[C@@H](NC(=O)COc2ccc(Cl)cc2Cl)C[C@@](C)(CNC(=O)COc2ccc(Cl)cc2Cl)C1. The third kappa shape index (κ3) is 8.62. The first-order valence-electron chi connectivity index (χ1n) is 11.6. The summed E-state index contributed by atoms with van der Waals surface area (Å²) in [5.74, 6) is 0.309. The Kier molecular flexibility index (Phi) is 9.67. The van der Waals surface area contributed by atoms with Crippen LogP contribution in [0.5, 0.6) is 11.5 Å². The smallest absolute Gasteiger partial charge is 0.258 e. The van der Waals surface area contributed by atoms with Crippen LogP contribution in [0.3, 0.4) is 0 Å². The van der Waals surface area contributed by atoms with E-state index < -0.39 is 0 Å². The van der Waals surface area contributed by atoms with E-state index in [0.29, 0.717) is 44.6 Å². The number of hydrogen-bond donors (Lipinski definition) is 2. The van der Waals surface area contributed by atoms with Gasteiger partial charge in [-0.15, -0.1) is 0 Å². The number of rotatable bonds is 9. The molecule has 0 bridgehead atoms. The maximum atomic E-state index is 12.6. The van der Waals surface area contributed by atoms with Gasteiger partial charge in [-0.1, -0.05) is 67.2 Å². The first-order chi connectivity index (χ1) is 16.8. The fraction of sp³-hybridized carbons (Fsp3) is 0.462. The largest absolute Gasteiger partial charge is 0.482 e. The summed E-state index contributed by atoms with van der Waals surface area (Å²) in [5, 5.41) is 7.72. The van der Waals surface area contributed by atoms with Gasteiger partial charge in [0.2, 0.25) is 0 Å². The van der Waals surface area contributed by atoms with E-state index in [-0.39, 0.29) is 41.9 Å². The number of carbonyl (C=O) groups is 2. The predicted molar refractivity (Wildman–Crippen MR) is 145 cm³/mol. The molecule has 0 saturated heterocycles. The van der Waals surface area contributed by atoms with Gasteiger partial charge in [0.1, 0.15) is 11.5 Å². The highest BCUT2D eigenvalue weighted by Gasteiger charge is 2.41. The number of nitrogens with one attached hydrogen (secondary N) is 2. The molecule has 10 heteroatoms. The highest BCUT2D eigenvalue weighted by molar-refractivity contribution is 6.36. The minimum absolute atomic E-state index is 0.0245. The molecular formula is C26H30Cl4N2O4. The Morgan fingerprint density at radius 2 is 1.39 bits per heavy atom. The van der Waals surface area contributed by atoms with Crippen molar-refractivity contribution >= 4 is 58.2 Å². The standard InChI is InChI=1S/C26H30Cl4N2O4/c1-25(2)10-18(32-24(34)13-36-22-7-5-17(28)9-20(22)30)11-26(3,14-25)15-31-23(33)12-35-21-6-4-16(27)8-19(21)29/h4-9,18H,10-15H2,1-3H3,(H,31,33)(H,32,34)/t18-,26-/m1/s1. The van der Waals surface area contributed by atoms with E-state index in [0.717, 1.165) is 12.8 Å². The molecule has 2 aromatic carbocycles. The van der Waals surface area contributed by atoms with Crippen molar-refractivity contribution in [2.75, 3.05) is 19.8 Å². The Labute approximate surface area is 231 Å². The monoisotopic (exact) mass is 574 g/mol. The number of carbonyl (C=O) groups excluding carboxylic acids is 2. The van der Waals surface area contributed by atoms with E-state index in [1.165, 1.54) is 0 Å². The lowest BCUT2D eigenvalue weighted by atomic mass is 9.62. The molecule has 0 unspecified atom stereocenters. The van der Waals surface area contributed by atoms with Crippen molar-refractivity contribution < 1.29 is 19.1 Å². The van der Waals surface area contributed by atoms with Crippen molar-refractivity contribution in [3.05, 3.63) is 56.5 Å². The molecule has 2 amide bonds. The van der Waals surface area contributed by atoms with Gasteiger partial charge in [0.05, 0.1) is 10.0 Å². The number of ether oxygens (including phenoxy) is 2. The van der Waals surface area contributed by atoms with Gasteiger partial charge < -0.3 is 20.1 Å². The Morgan fingerprint density at radius 1 is 0.861 bits per heavy atom. The zero-order valence-corrected chi connectivity index (χ0v) is 23.5. The Morgan fingerprint density at radius 3 is 1.92 bits per heavy atom. The molecule has 0 heterocycles. The number of amides is 2. The van der Waals surface area contributed by atoms with Gasteiger partial charge in [0.15, 0.2) is 13.2 Å². The summed E-state index contributed by atoms with van der Waals surface area (Å²) in [4.78, 5) is 25.1. The van der Waals surface area contributed by atoms with Crippen LogP contribution in [-0.4, -0.2) is 37.6 Å². The second-order valence-corrected chi connectivity index (χ2v) is 12.0. The van der Waals surface area contributed by atoms with Gasteiger partial charge in [-0.3, -0.25) is 9.59 Å². The van der Waals surface area contributed by atoms with Gasteiger partial charge in [-0.2, -0.15) is 0 Å². The number of halogens is 4. The first-order valence-corrected chi connectivity index (χ1v) is 13.1. The number of benzene rings is 2. The molecule has 196 valence electrons. The van der Waals surface area contributed by atoms with Crippen molar-refractivity contribution in [3.63, 3.8) is 0 Å². The van der Waals surface area contributed by atoms with Crippen LogP contribution in [0.1, 0.15) is 40.0 Å². The molecule has 3 rings (SSSR count). The van der Waals surface area contributed by atoms with Crippen LogP contribution in [0.25, 0.3) is 0 Å². The molecule has 1 aliphatic carbocycles. The number of hydrogen-bond acceptors (Lipinski definition) is 4. The van der Waals surface area contributed by atoms with Crippen LogP contribution < -0.4 is 20.1 Å². The van der Waals surface area contributed by atoms with Crippen LogP contribution >= 0.6 is 46.4 Å². The molecule has 6 nitrogen and oxygen atoms in total. The highest BCUT2D eigenvalue weighted by atomic mass is 35.5. The fourth-order valence-corrected chi connectivity index (χ4v) is 5.90. The zero-order chi connectivity index (χ0) is 26.5. The highest BCUT2D eigenvalue weighted by Crippen LogP contribution is 2.45. The Balaban J connectivity index is 1.51. The van der Waals surface area contributed by atoms with Crippen molar-refractivity contribution in [2.45, 2.75) is 46.1 Å². The molecule has 1 saturated carbocycles. The summed E-state index contributed by atoms with van der Waals surface area (Å²) < 4.78 is 11.1. The summed E-state index contributed by atoms with van der Waals surface area (Å²) in [7, 11) is 0. The van der Waals surface area contributed by atoms with E-state index in [9.17, 15) is 9.59 Å². The average molecular weight is 576 g/mol. The predicted octanol–water partition coefficient (Wildman–Crippen LogP) is 6.58. The van der Waals surface area contributed by atoms with Crippen LogP contribution in [0, 0.1) is 10.8 Å². The van der Waals surface area contributed by atoms with E-state index in [1.54, 1.807) is 36.4 Å². The van der Waals surface area contributed by atoms with Gasteiger partial charge in [0, 0.05) is 22.6 Å². The molecule has 1 aliphatic rings.